The van der Waals surface area contributed by atoms with Crippen LogP contribution in [0.3, 0.4) is 0 Å². The summed E-state index contributed by atoms with van der Waals surface area (Å²) < 4.78 is 9.59. The van der Waals surface area contributed by atoms with Crippen molar-refractivity contribution >= 4 is 26.6 Å². The Balaban J connectivity index is 2.68. The van der Waals surface area contributed by atoms with Gasteiger partial charge in [-0.25, -0.2) is 0 Å². The van der Waals surface area contributed by atoms with Crippen LogP contribution in [0.2, 0.25) is 0 Å². The Hall–Kier alpha value is -1.88. The van der Waals surface area contributed by atoms with Crippen molar-refractivity contribution in [1.29, 1.82) is 0 Å². The zero-order chi connectivity index (χ0) is 12.7. The molecular weight excluding hydrogens is 236 g/mol. The maximum atomic E-state index is 10.8. The predicted octanol–water partition coefficient (Wildman–Crippen LogP) is 0.406. The fourth-order valence-electron chi connectivity index (χ4n) is 1.20. The highest BCUT2D eigenvalue weighted by Crippen LogP contribution is 2.00. The highest BCUT2D eigenvalue weighted by Gasteiger charge is 2.06. The van der Waals surface area contributed by atoms with E-state index < -0.39 is 21.5 Å². The van der Waals surface area contributed by atoms with Crippen LogP contribution in [0.5, 0.6) is 0 Å². The third kappa shape index (κ3) is 5.67. The average Bonchev–Trinajstić information content (AvgIpc) is 2.26. The number of hydrogen-bond acceptors (Lipinski definition) is 4. The molecule has 0 aliphatic rings. The van der Waals surface area contributed by atoms with E-state index in [9.17, 15) is 9.59 Å². The van der Waals surface area contributed by atoms with Gasteiger partial charge in [0.2, 0.25) is 0 Å². The Morgan fingerprint density at radius 1 is 1.06 bits per heavy atom. The van der Waals surface area contributed by atoms with Crippen LogP contribution in [0.1, 0.15) is 13.8 Å². The van der Waals surface area contributed by atoms with Gasteiger partial charge in [0.05, 0.1) is 9.52 Å². The number of ether oxygens (including phenoxy) is 2. The molecule has 0 aliphatic carbocycles. The summed E-state index contributed by atoms with van der Waals surface area (Å²) in [5.41, 5.74) is 1.69. The molecule has 0 radical (unpaired) electrons. The van der Waals surface area contributed by atoms with Crippen LogP contribution in [0.4, 0.5) is 0 Å². The number of carbonyl (C=O) groups excluding carboxylic acids is 2. The highest BCUT2D eigenvalue weighted by atomic mass is 28.2. The molecule has 0 bridgehead atoms. The smallest absolute Gasteiger partial charge is 0.310 e. The first-order valence-electron chi connectivity index (χ1n) is 5.19. The highest BCUT2D eigenvalue weighted by molar-refractivity contribution is 6.58. The van der Waals surface area contributed by atoms with Crippen molar-refractivity contribution in [2.45, 2.75) is 13.8 Å². The van der Waals surface area contributed by atoms with E-state index in [1.807, 2.05) is 30.3 Å². The summed E-state index contributed by atoms with van der Waals surface area (Å²) in [6.07, 6.45) is 0. The fourth-order valence-corrected chi connectivity index (χ4v) is 2.32. The van der Waals surface area contributed by atoms with Gasteiger partial charge in [-0.2, -0.15) is 0 Å². The van der Waals surface area contributed by atoms with Crippen molar-refractivity contribution in [2.24, 2.45) is 0 Å². The number of esters is 2. The van der Waals surface area contributed by atoms with Crippen molar-refractivity contribution in [1.82, 2.24) is 0 Å². The third-order valence-electron chi connectivity index (χ3n) is 1.84. The maximum absolute atomic E-state index is 10.8. The average molecular weight is 250 g/mol. The van der Waals surface area contributed by atoms with E-state index in [2.05, 4.69) is 0 Å². The van der Waals surface area contributed by atoms with Gasteiger partial charge in [-0.15, -0.1) is 0 Å². The molecule has 0 spiro atoms. The third-order valence-corrected chi connectivity index (χ3v) is 3.32. The van der Waals surface area contributed by atoms with Gasteiger partial charge in [0.1, 0.15) is 0 Å². The standard InChI is InChI=1S/C12H14O4Si/c1-9(13)15-12(16-10(2)14)8-17-11-6-4-3-5-7-11/h3-8H,17H2,1-2H3. The molecule has 0 saturated heterocycles. The molecule has 0 aromatic heterocycles. The molecule has 4 nitrogen and oxygen atoms in total. The van der Waals surface area contributed by atoms with E-state index in [4.69, 9.17) is 9.47 Å². The molecule has 1 aromatic carbocycles. The SMILES string of the molecule is CC(=O)OC(=C[SiH2]c1ccccc1)OC(C)=O. The van der Waals surface area contributed by atoms with Gasteiger partial charge in [0.15, 0.2) is 0 Å². The Labute approximate surface area is 102 Å². The van der Waals surface area contributed by atoms with Gasteiger partial charge in [-0.1, -0.05) is 35.5 Å². The van der Waals surface area contributed by atoms with Gasteiger partial charge in [-0.05, 0) is 5.70 Å². The van der Waals surface area contributed by atoms with Gasteiger partial charge >= 0.3 is 11.9 Å². The van der Waals surface area contributed by atoms with E-state index in [1.54, 1.807) is 5.70 Å². The molecule has 1 rings (SSSR count). The lowest BCUT2D eigenvalue weighted by Gasteiger charge is -2.05. The summed E-state index contributed by atoms with van der Waals surface area (Å²) in [7, 11) is -0.761. The van der Waals surface area contributed by atoms with E-state index in [1.165, 1.54) is 19.0 Å². The number of hydrogen-bond donors (Lipinski definition) is 0. The first kappa shape index (κ1) is 13.2. The number of carbonyl (C=O) groups is 2. The van der Waals surface area contributed by atoms with Crippen LogP contribution in [-0.4, -0.2) is 21.5 Å². The molecule has 0 atom stereocenters. The Morgan fingerprint density at radius 3 is 2.06 bits per heavy atom. The Kier molecular flexibility index (Phi) is 5.15. The topological polar surface area (TPSA) is 52.6 Å². The first-order valence-corrected chi connectivity index (χ1v) is 6.71. The quantitative estimate of drug-likeness (QED) is 0.441. The summed E-state index contributed by atoms with van der Waals surface area (Å²) in [5.74, 6) is -1.01. The largest absolute Gasteiger partial charge is 0.393 e. The number of rotatable bonds is 4. The summed E-state index contributed by atoms with van der Waals surface area (Å²) in [6, 6.07) is 9.78. The second-order valence-electron chi connectivity index (χ2n) is 3.40. The van der Waals surface area contributed by atoms with Crippen molar-refractivity contribution in [2.75, 3.05) is 0 Å². The monoisotopic (exact) mass is 250 g/mol. The molecule has 0 fully saturated rings. The minimum absolute atomic E-state index is 0.0134. The summed E-state index contributed by atoms with van der Waals surface area (Å²) in [4.78, 5) is 21.6. The van der Waals surface area contributed by atoms with Crippen molar-refractivity contribution in [3.8, 4) is 0 Å². The van der Waals surface area contributed by atoms with Crippen molar-refractivity contribution in [3.05, 3.63) is 42.0 Å². The van der Waals surface area contributed by atoms with Gasteiger partial charge in [-0.3, -0.25) is 9.59 Å². The summed E-state index contributed by atoms with van der Waals surface area (Å²) in [6.45, 7) is 2.53. The number of benzene rings is 1. The molecule has 0 N–H and O–H groups in total. The second kappa shape index (κ2) is 6.65. The van der Waals surface area contributed by atoms with Crippen LogP contribution < -0.4 is 5.19 Å². The minimum atomic E-state index is -0.761. The minimum Gasteiger partial charge on any atom is -0.393 e. The molecule has 90 valence electrons. The van der Waals surface area contributed by atoms with Crippen molar-refractivity contribution < 1.29 is 19.1 Å². The van der Waals surface area contributed by atoms with Crippen LogP contribution >= 0.6 is 0 Å². The van der Waals surface area contributed by atoms with E-state index in [-0.39, 0.29) is 5.95 Å². The molecule has 17 heavy (non-hydrogen) atoms. The molecule has 0 unspecified atom stereocenters. The normalized spacial score (nSPS) is 10.0. The maximum Gasteiger partial charge on any atom is 0.310 e. The lowest BCUT2D eigenvalue weighted by Crippen LogP contribution is -2.14. The zero-order valence-corrected chi connectivity index (χ0v) is 11.2. The van der Waals surface area contributed by atoms with Gasteiger partial charge < -0.3 is 9.47 Å². The lowest BCUT2D eigenvalue weighted by molar-refractivity contribution is -0.150. The molecular formula is C12H14O4Si. The molecule has 0 saturated carbocycles. The van der Waals surface area contributed by atoms with Crippen LogP contribution in [0, 0.1) is 0 Å². The van der Waals surface area contributed by atoms with Gasteiger partial charge in [0.25, 0.3) is 5.95 Å². The van der Waals surface area contributed by atoms with Gasteiger partial charge in [0, 0.05) is 13.8 Å². The van der Waals surface area contributed by atoms with Crippen molar-refractivity contribution in [3.63, 3.8) is 0 Å². The molecule has 5 heteroatoms. The first-order chi connectivity index (χ1) is 8.08. The summed E-state index contributed by atoms with van der Waals surface area (Å²) in [5, 5.41) is 1.17. The van der Waals surface area contributed by atoms with Crippen LogP contribution in [0.25, 0.3) is 0 Å². The predicted molar refractivity (Wildman–Crippen MR) is 66.2 cm³/mol. The van der Waals surface area contributed by atoms with E-state index in [0.29, 0.717) is 0 Å². The van der Waals surface area contributed by atoms with Crippen LogP contribution in [-0.2, 0) is 19.1 Å². The van der Waals surface area contributed by atoms with Crippen LogP contribution in [0.15, 0.2) is 42.0 Å². The molecule has 0 aliphatic heterocycles. The van der Waals surface area contributed by atoms with E-state index >= 15 is 0 Å². The molecule has 0 heterocycles. The zero-order valence-electron chi connectivity index (χ0n) is 9.80. The molecule has 0 amide bonds. The fraction of sp³-hybridized carbons (Fsp3) is 0.167. The van der Waals surface area contributed by atoms with E-state index in [0.717, 1.165) is 0 Å². The summed E-state index contributed by atoms with van der Waals surface area (Å²) >= 11 is 0. The Bertz CT molecular complexity index is 407. The second-order valence-corrected chi connectivity index (χ2v) is 5.03. The lowest BCUT2D eigenvalue weighted by atomic mass is 10.4. The molecule has 1 aromatic rings. The Morgan fingerprint density at radius 2 is 1.59 bits per heavy atom.